The van der Waals surface area contributed by atoms with Gasteiger partial charge < -0.3 is 16.0 Å². The summed E-state index contributed by atoms with van der Waals surface area (Å²) < 4.78 is 27.8. The highest BCUT2D eigenvalue weighted by Gasteiger charge is 2.30. The fourth-order valence-electron chi connectivity index (χ4n) is 3.99. The van der Waals surface area contributed by atoms with E-state index in [1.807, 2.05) is 23.1 Å². The minimum Gasteiger partial charge on any atom is -0.368 e. The summed E-state index contributed by atoms with van der Waals surface area (Å²) in [6.45, 7) is 0.672. The number of pyridine rings is 1. The number of H-pyrrole nitrogens is 1. The average molecular weight is 434 g/mol. The van der Waals surface area contributed by atoms with Crippen molar-refractivity contribution in [3.05, 3.63) is 72.1 Å². The van der Waals surface area contributed by atoms with E-state index in [0.717, 1.165) is 30.2 Å². The third kappa shape index (κ3) is 3.94. The van der Waals surface area contributed by atoms with Gasteiger partial charge in [-0.2, -0.15) is 15.1 Å². The van der Waals surface area contributed by atoms with Gasteiger partial charge in [-0.25, -0.2) is 8.78 Å². The highest BCUT2D eigenvalue weighted by atomic mass is 19.1. The number of nitrogens with two attached hydrogens (primary N) is 1. The fourth-order valence-corrected chi connectivity index (χ4v) is 3.99. The Morgan fingerprint density at radius 1 is 1.09 bits per heavy atom. The van der Waals surface area contributed by atoms with Gasteiger partial charge in [0.25, 0.3) is 0 Å². The molecule has 0 saturated carbocycles. The molecule has 1 fully saturated rings. The summed E-state index contributed by atoms with van der Waals surface area (Å²) in [5, 5.41) is 10.3. The topological polar surface area (TPSA) is 109 Å². The van der Waals surface area contributed by atoms with Gasteiger partial charge in [0.1, 0.15) is 23.3 Å². The third-order valence-corrected chi connectivity index (χ3v) is 5.41. The molecule has 1 atom stereocenters. The molecule has 5 rings (SSSR count). The molecule has 1 aliphatic heterocycles. The largest absolute Gasteiger partial charge is 0.368 e. The lowest BCUT2D eigenvalue weighted by molar-refractivity contribution is 0.553. The van der Waals surface area contributed by atoms with Crippen LogP contribution in [0.1, 0.15) is 24.4 Å². The Bertz CT molecular complexity index is 1240. The van der Waals surface area contributed by atoms with Crippen molar-refractivity contribution in [3.8, 4) is 11.3 Å². The molecule has 0 radical (unpaired) electrons. The second kappa shape index (κ2) is 8.22. The first-order valence-corrected chi connectivity index (χ1v) is 10.2. The maximum atomic E-state index is 14.4. The smallest absolute Gasteiger partial charge is 0.223 e. The van der Waals surface area contributed by atoms with Crippen LogP contribution >= 0.6 is 0 Å². The van der Waals surface area contributed by atoms with Crippen LogP contribution in [0.25, 0.3) is 11.3 Å². The lowest BCUT2D eigenvalue weighted by Crippen LogP contribution is -2.25. The molecule has 10 heteroatoms. The van der Waals surface area contributed by atoms with Gasteiger partial charge in [-0.1, -0.05) is 6.07 Å². The molecule has 1 unspecified atom stereocenters. The van der Waals surface area contributed by atoms with Gasteiger partial charge in [0.2, 0.25) is 5.95 Å². The molecule has 0 spiro atoms. The molecule has 0 bridgehead atoms. The minimum atomic E-state index is -0.599. The zero-order valence-corrected chi connectivity index (χ0v) is 17.0. The fraction of sp³-hybridized carbons (Fsp3) is 0.182. The SMILES string of the molecule is Nc1nc(Nc2cc(-c3cccnc3)[nH]n2)cc(N2CCCC2c2ccc(F)cc2F)n1. The zero-order chi connectivity index (χ0) is 22.1. The number of anilines is 4. The zero-order valence-electron chi connectivity index (χ0n) is 17.0. The number of nitrogen functional groups attached to an aromatic ring is 1. The molecule has 32 heavy (non-hydrogen) atoms. The van der Waals surface area contributed by atoms with Crippen molar-refractivity contribution < 1.29 is 8.78 Å². The van der Waals surface area contributed by atoms with E-state index in [-0.39, 0.29) is 12.0 Å². The second-order valence-corrected chi connectivity index (χ2v) is 7.52. The van der Waals surface area contributed by atoms with E-state index in [1.54, 1.807) is 18.5 Å². The van der Waals surface area contributed by atoms with Crippen molar-refractivity contribution in [2.45, 2.75) is 18.9 Å². The number of halogens is 2. The Morgan fingerprint density at radius 2 is 2.00 bits per heavy atom. The summed E-state index contributed by atoms with van der Waals surface area (Å²) >= 11 is 0. The Labute approximate surface area is 182 Å². The summed E-state index contributed by atoms with van der Waals surface area (Å²) in [5.41, 5.74) is 8.10. The van der Waals surface area contributed by atoms with E-state index in [2.05, 4.69) is 30.5 Å². The van der Waals surface area contributed by atoms with E-state index >= 15 is 0 Å². The molecule has 1 aromatic carbocycles. The van der Waals surface area contributed by atoms with Gasteiger partial charge in [0, 0.05) is 48.3 Å². The number of nitrogens with one attached hydrogen (secondary N) is 2. The quantitative estimate of drug-likeness (QED) is 0.432. The van der Waals surface area contributed by atoms with Crippen molar-refractivity contribution in [1.29, 1.82) is 0 Å². The van der Waals surface area contributed by atoms with Gasteiger partial charge in [0.05, 0.1) is 11.7 Å². The number of aromatic amines is 1. The van der Waals surface area contributed by atoms with E-state index in [9.17, 15) is 8.78 Å². The van der Waals surface area contributed by atoms with Crippen molar-refractivity contribution >= 4 is 23.4 Å². The Balaban J connectivity index is 1.41. The van der Waals surface area contributed by atoms with Gasteiger partial charge >= 0.3 is 0 Å². The van der Waals surface area contributed by atoms with Gasteiger partial charge in [0.15, 0.2) is 5.82 Å². The Hall–Kier alpha value is -4.08. The van der Waals surface area contributed by atoms with Gasteiger partial charge in [-0.05, 0) is 31.0 Å². The molecular weight excluding hydrogens is 414 g/mol. The molecular formula is C22H20F2N8. The van der Waals surface area contributed by atoms with Crippen molar-refractivity contribution in [3.63, 3.8) is 0 Å². The van der Waals surface area contributed by atoms with E-state index in [4.69, 9.17) is 5.73 Å². The number of nitrogens with zero attached hydrogens (tertiary/aromatic N) is 5. The molecule has 0 amide bonds. The summed E-state index contributed by atoms with van der Waals surface area (Å²) in [6, 6.07) is 10.7. The Morgan fingerprint density at radius 3 is 2.81 bits per heavy atom. The maximum absolute atomic E-state index is 14.4. The van der Waals surface area contributed by atoms with Crippen molar-refractivity contribution in [1.82, 2.24) is 25.1 Å². The second-order valence-electron chi connectivity index (χ2n) is 7.52. The molecule has 3 aromatic heterocycles. The first kappa shape index (κ1) is 19.9. The van der Waals surface area contributed by atoms with Gasteiger partial charge in [-0.3, -0.25) is 10.1 Å². The standard InChI is InChI=1S/C22H20F2N8/c23-14-5-6-15(16(24)9-14)18-4-2-8-32(18)21-11-19(28-22(25)29-21)27-20-10-17(30-31-20)13-3-1-7-26-12-13/h1,3,5-7,9-12,18H,2,4,8H2,(H4,25,27,28,29,30,31). The van der Waals surface area contributed by atoms with Gasteiger partial charge in [-0.15, -0.1) is 0 Å². The highest BCUT2D eigenvalue weighted by molar-refractivity contribution is 5.66. The molecule has 4 N–H and O–H groups in total. The summed E-state index contributed by atoms with van der Waals surface area (Å²) in [5.74, 6) is 0.491. The van der Waals surface area contributed by atoms with Crippen LogP contribution in [0.2, 0.25) is 0 Å². The number of aromatic nitrogens is 5. The van der Waals surface area contributed by atoms with Crippen LogP contribution in [-0.2, 0) is 0 Å². The monoisotopic (exact) mass is 434 g/mol. The maximum Gasteiger partial charge on any atom is 0.223 e. The molecule has 162 valence electrons. The van der Waals surface area contributed by atoms with Crippen LogP contribution in [0.5, 0.6) is 0 Å². The molecule has 1 saturated heterocycles. The van der Waals surface area contributed by atoms with Crippen LogP contribution in [0.15, 0.2) is 54.9 Å². The summed E-state index contributed by atoms with van der Waals surface area (Å²) in [6.07, 6.45) is 5.01. The predicted molar refractivity (Wildman–Crippen MR) is 117 cm³/mol. The van der Waals surface area contributed by atoms with E-state index in [1.165, 1.54) is 12.1 Å². The summed E-state index contributed by atoms with van der Waals surface area (Å²) in [7, 11) is 0. The first-order chi connectivity index (χ1) is 15.6. The van der Waals surface area contributed by atoms with E-state index < -0.39 is 11.6 Å². The minimum absolute atomic E-state index is 0.0817. The molecule has 0 aliphatic carbocycles. The highest BCUT2D eigenvalue weighted by Crippen LogP contribution is 2.37. The van der Waals surface area contributed by atoms with Crippen molar-refractivity contribution in [2.24, 2.45) is 0 Å². The predicted octanol–water partition coefficient (Wildman–Crippen LogP) is 4.21. The van der Waals surface area contributed by atoms with E-state index in [0.29, 0.717) is 29.6 Å². The number of rotatable bonds is 5. The van der Waals surface area contributed by atoms with Crippen LogP contribution in [-0.4, -0.2) is 31.7 Å². The Kier molecular flexibility index (Phi) is 5.10. The molecule has 4 heterocycles. The number of benzene rings is 1. The number of hydrogen-bond donors (Lipinski definition) is 3. The lowest BCUT2D eigenvalue weighted by Gasteiger charge is -2.26. The lowest BCUT2D eigenvalue weighted by atomic mass is 10.0. The molecule has 4 aromatic rings. The molecule has 8 nitrogen and oxygen atoms in total. The molecule has 1 aliphatic rings. The average Bonchev–Trinajstić information content (AvgIpc) is 3.44. The van der Waals surface area contributed by atoms with Crippen LogP contribution in [0, 0.1) is 11.6 Å². The summed E-state index contributed by atoms with van der Waals surface area (Å²) in [4.78, 5) is 14.7. The van der Waals surface area contributed by atoms with Crippen molar-refractivity contribution in [2.75, 3.05) is 22.5 Å². The first-order valence-electron chi connectivity index (χ1n) is 10.2. The third-order valence-electron chi connectivity index (χ3n) is 5.41. The van der Waals surface area contributed by atoms with Crippen LogP contribution in [0.4, 0.5) is 32.2 Å². The van der Waals surface area contributed by atoms with Crippen LogP contribution in [0.3, 0.4) is 0 Å². The number of hydrogen-bond acceptors (Lipinski definition) is 7. The normalized spacial score (nSPS) is 15.8. The van der Waals surface area contributed by atoms with Crippen LogP contribution < -0.4 is 16.0 Å².